The van der Waals surface area contributed by atoms with Crippen LogP contribution in [-0.4, -0.2) is 11.9 Å². The van der Waals surface area contributed by atoms with E-state index in [9.17, 15) is 19.8 Å². The summed E-state index contributed by atoms with van der Waals surface area (Å²) < 4.78 is 0. The van der Waals surface area contributed by atoms with Gasteiger partial charge in [-0.1, -0.05) is 245 Å². The molecule has 322 valence electrons. The third-order valence-corrected chi connectivity index (χ3v) is 9.97. The summed E-state index contributed by atoms with van der Waals surface area (Å²) in [5, 5.41) is 20.5. The van der Waals surface area contributed by atoms with E-state index in [1.807, 2.05) is 20.4 Å². The second kappa shape index (κ2) is 61.8. The second-order valence-corrected chi connectivity index (χ2v) is 15.0. The van der Waals surface area contributed by atoms with Crippen LogP contribution in [0.2, 0.25) is 0 Å². The molecule has 0 aliphatic rings. The molecule has 0 aromatic carbocycles. The van der Waals surface area contributed by atoms with Crippen LogP contribution >= 0.6 is 33.1 Å². The molecule has 0 saturated heterocycles. The first kappa shape index (κ1) is 62.8. The molecule has 0 rings (SSSR count). The quantitative estimate of drug-likeness (QED) is 0.0348. The molecule has 52 heavy (non-hydrogen) atoms. The molecule has 0 N–H and O–H groups in total. The van der Waals surface area contributed by atoms with Gasteiger partial charge in [0.25, 0.3) is 0 Å². The van der Waals surface area contributed by atoms with E-state index >= 15 is 0 Å². The van der Waals surface area contributed by atoms with Gasteiger partial charge in [-0.2, -0.15) is 0 Å². The third-order valence-electron chi connectivity index (χ3n) is 9.97. The van der Waals surface area contributed by atoms with Crippen molar-refractivity contribution in [2.75, 3.05) is 0 Å². The van der Waals surface area contributed by atoms with Crippen LogP contribution in [0, 0.1) is 0 Å². The smallest absolute Gasteiger partial charge is 0.550 e. The summed E-state index contributed by atoms with van der Waals surface area (Å²) in [7, 11) is 0. The van der Waals surface area contributed by atoms with Crippen LogP contribution in [0.5, 0.6) is 0 Å². The predicted octanol–water partition coefficient (Wildman–Crippen LogP) is 14.8. The Hall–Kier alpha value is 1.63. The fraction of sp³-hybridized carbons (Fsp3) is 0.955. The molecule has 0 aliphatic carbocycles. The van der Waals surface area contributed by atoms with Crippen LogP contribution in [-0.2, 0) is 54.3 Å². The van der Waals surface area contributed by atoms with Crippen LogP contribution in [0.25, 0.3) is 0 Å². The molecule has 0 aromatic heterocycles. The van der Waals surface area contributed by atoms with Gasteiger partial charge in [0, 0.05) is 32.3 Å². The van der Waals surface area contributed by atoms with Gasteiger partial charge in [0.15, 0.2) is 0 Å². The molecule has 0 amide bonds. The van der Waals surface area contributed by atoms with Crippen molar-refractivity contribution < 1.29 is 64.6 Å². The average molecular weight is 1100 g/mol. The first-order chi connectivity index (χ1) is 24.5. The van der Waals surface area contributed by atoms with Crippen molar-refractivity contribution >= 4 is 45.0 Å². The van der Waals surface area contributed by atoms with E-state index in [1.54, 1.807) is 0 Å². The summed E-state index contributed by atoms with van der Waals surface area (Å²) in [6, 6.07) is 0. The minimum absolute atomic E-state index is 0. The Morgan fingerprint density at radius 2 is 0.423 bits per heavy atom. The first-order valence-electron chi connectivity index (χ1n) is 22.1. The zero-order chi connectivity index (χ0) is 37.4. The van der Waals surface area contributed by atoms with Crippen LogP contribution in [0.15, 0.2) is 0 Å². The number of carbonyl (C=O) groups is 2. The van der Waals surface area contributed by atoms with Crippen molar-refractivity contribution in [3.8, 4) is 0 Å². The number of aliphatic carboxylic acids is 2. The molecule has 0 radical (unpaired) electrons. The van der Waals surface area contributed by atoms with Gasteiger partial charge in [-0.25, -0.2) is 0 Å². The minimum atomic E-state index is -0.901. The molecule has 0 bridgehead atoms. The normalized spacial score (nSPS) is 10.3. The van der Waals surface area contributed by atoms with Crippen LogP contribution in [0.3, 0.4) is 0 Å². The summed E-state index contributed by atoms with van der Waals surface area (Å²) >= 11 is 4.87. The van der Waals surface area contributed by atoms with E-state index in [4.69, 9.17) is 0 Å². The molecule has 0 saturated carbocycles. The summed E-state index contributed by atoms with van der Waals surface area (Å²) in [6.07, 6.45) is 51.5. The van der Waals surface area contributed by atoms with Crippen molar-refractivity contribution in [3.63, 3.8) is 0 Å². The van der Waals surface area contributed by atoms with Gasteiger partial charge in [-0.05, 0) is 38.4 Å². The first-order valence-corrected chi connectivity index (χ1v) is 26.9. The second-order valence-electron chi connectivity index (χ2n) is 15.0. The van der Waals surface area contributed by atoms with Crippen molar-refractivity contribution in [1.82, 2.24) is 0 Å². The molecule has 0 heterocycles. The number of carboxylic acids is 2. The largest absolute Gasteiger partial charge is 1.00 e. The number of hydrogen-bond acceptors (Lipinski definition) is 4. The molecule has 0 aliphatic heterocycles. The zero-order valence-corrected chi connectivity index (χ0v) is 41.0. The van der Waals surface area contributed by atoms with Gasteiger partial charge in [-0.15, -0.1) is 0 Å². The van der Waals surface area contributed by atoms with E-state index in [2.05, 4.69) is 26.5 Å². The summed E-state index contributed by atoms with van der Waals surface area (Å²) in [4.78, 5) is 20.5. The summed E-state index contributed by atoms with van der Waals surface area (Å²) in [6.45, 7) is 4.56. The van der Waals surface area contributed by atoms with Gasteiger partial charge in [-0.3, -0.25) is 0 Å². The zero-order valence-electron chi connectivity index (χ0n) is 34.3. The van der Waals surface area contributed by atoms with Crippen molar-refractivity contribution in [3.05, 3.63) is 0 Å². The van der Waals surface area contributed by atoms with E-state index < -0.39 is 11.9 Å². The molecule has 0 fully saturated rings. The maximum absolute atomic E-state index is 10.3. The summed E-state index contributed by atoms with van der Waals surface area (Å²) in [5.74, 6) is -1.80. The standard InChI is InChI=1S/2C22H44O2.2Ag.BrI/c2*1-2-3-4-5-6-7-8-9-10-11-12-13-14-15-16-17-18-19-20-21-22(23)24;;;1-2/h2*2-21H2,1H3,(H,23,24);;;/q;;2*+1;/p-2. The van der Waals surface area contributed by atoms with E-state index in [0.717, 1.165) is 25.7 Å². The maximum Gasteiger partial charge on any atom is 1.00 e. The van der Waals surface area contributed by atoms with Gasteiger partial charge in [0.05, 0.1) is 0 Å². The predicted molar refractivity (Wildman–Crippen MR) is 229 cm³/mol. The van der Waals surface area contributed by atoms with Crippen molar-refractivity contribution in [1.29, 1.82) is 0 Å². The van der Waals surface area contributed by atoms with Crippen LogP contribution in [0.4, 0.5) is 0 Å². The maximum atomic E-state index is 10.3. The fourth-order valence-electron chi connectivity index (χ4n) is 6.70. The SMILES string of the molecule is BrI.CCCCCCCCCCCCCCCCCCCCCC(=O)[O-].CCCCCCCCCCCCCCCCCCCCCC(=O)[O-].[Ag+].[Ag+]. The Morgan fingerprint density at radius 3 is 0.538 bits per heavy atom. The van der Waals surface area contributed by atoms with Crippen LogP contribution in [0.1, 0.15) is 271 Å². The van der Waals surface area contributed by atoms with Gasteiger partial charge >= 0.3 is 44.8 Å². The number of halogens is 2. The molecule has 8 heteroatoms. The van der Waals surface area contributed by atoms with Crippen molar-refractivity contribution in [2.45, 2.75) is 271 Å². The van der Waals surface area contributed by atoms with Gasteiger partial charge in [0.1, 0.15) is 0 Å². The molecule has 0 atom stereocenters. The number of carbonyl (C=O) groups excluding carboxylic acids is 2. The fourth-order valence-corrected chi connectivity index (χ4v) is 6.70. The van der Waals surface area contributed by atoms with E-state index in [-0.39, 0.29) is 57.6 Å². The topological polar surface area (TPSA) is 80.3 Å². The molecule has 0 spiro atoms. The number of rotatable bonds is 40. The number of unbranched alkanes of at least 4 members (excludes halogenated alkanes) is 36. The Balaban J connectivity index is -0.000000261. The van der Waals surface area contributed by atoms with Gasteiger partial charge in [0.2, 0.25) is 0 Å². The third kappa shape index (κ3) is 69.5. The summed E-state index contributed by atoms with van der Waals surface area (Å²) in [5.41, 5.74) is 0. The van der Waals surface area contributed by atoms with E-state index in [0.29, 0.717) is 0 Å². The van der Waals surface area contributed by atoms with E-state index in [1.165, 1.54) is 218 Å². The minimum Gasteiger partial charge on any atom is -0.550 e. The molecule has 0 aromatic rings. The van der Waals surface area contributed by atoms with Crippen molar-refractivity contribution in [2.24, 2.45) is 0 Å². The monoisotopic (exact) mass is 1100 g/mol. The number of carboxylic acid groups (broad SMARTS) is 2. The molecular formula is C44H86Ag2BrIO4. The Labute approximate surface area is 376 Å². The number of hydrogen-bond donors (Lipinski definition) is 0. The Kier molecular flexibility index (Phi) is 74.7. The van der Waals surface area contributed by atoms with Crippen LogP contribution < -0.4 is 10.2 Å². The van der Waals surface area contributed by atoms with Gasteiger partial charge < -0.3 is 19.8 Å². The Morgan fingerprint density at radius 1 is 0.308 bits per heavy atom. The molecular weight excluding hydrogens is 1020 g/mol. The molecule has 4 nitrogen and oxygen atoms in total. The average Bonchev–Trinajstić information content (AvgIpc) is 3.11. The Bertz CT molecular complexity index is 579. The molecule has 0 unspecified atom stereocenters.